The Labute approximate surface area is 187 Å². The van der Waals surface area contributed by atoms with Crippen molar-refractivity contribution >= 4 is 5.65 Å². The zero-order valence-electron chi connectivity index (χ0n) is 19.1. The Hall–Kier alpha value is -3.06. The number of aromatic nitrogens is 2. The summed E-state index contributed by atoms with van der Waals surface area (Å²) in [7, 11) is 3.37. The van der Waals surface area contributed by atoms with Crippen molar-refractivity contribution in [2.75, 3.05) is 40.5 Å². The van der Waals surface area contributed by atoms with E-state index in [1.54, 1.807) is 24.8 Å². The van der Waals surface area contributed by atoms with Crippen molar-refractivity contribution in [3.05, 3.63) is 63.2 Å². The predicted octanol–water partition coefficient (Wildman–Crippen LogP) is 2.98. The van der Waals surface area contributed by atoms with Gasteiger partial charge in [-0.15, -0.1) is 0 Å². The van der Waals surface area contributed by atoms with Crippen LogP contribution in [0, 0.1) is 19.8 Å². The van der Waals surface area contributed by atoms with Crippen LogP contribution in [0.5, 0.6) is 17.2 Å². The molecule has 2 aliphatic heterocycles. The molecule has 2 unspecified atom stereocenters. The summed E-state index contributed by atoms with van der Waals surface area (Å²) < 4.78 is 19.1. The van der Waals surface area contributed by atoms with E-state index in [1.165, 1.54) is 0 Å². The van der Waals surface area contributed by atoms with E-state index in [1.807, 2.05) is 32.0 Å². The molecular weight excluding hydrogens is 406 g/mol. The number of methoxy groups -OCH3 is 2. The molecule has 1 aromatic carbocycles. The molecule has 0 radical (unpaired) electrons. The van der Waals surface area contributed by atoms with Gasteiger partial charge in [0.1, 0.15) is 11.4 Å². The number of pyridine rings is 1. The van der Waals surface area contributed by atoms with Crippen LogP contribution in [-0.4, -0.2) is 54.7 Å². The highest BCUT2D eigenvalue weighted by atomic mass is 16.5. The van der Waals surface area contributed by atoms with Gasteiger partial charge >= 0.3 is 0 Å². The first-order valence-corrected chi connectivity index (χ1v) is 11.1. The van der Waals surface area contributed by atoms with Crippen LogP contribution in [0.3, 0.4) is 0 Å². The van der Waals surface area contributed by atoms with Crippen molar-refractivity contribution < 1.29 is 14.2 Å². The smallest absolute Gasteiger partial charge is 0.261 e. The number of hydrogen-bond acceptors (Lipinski definition) is 6. The topological polar surface area (TPSA) is 65.3 Å². The highest BCUT2D eigenvalue weighted by Gasteiger charge is 2.40. The normalized spacial score (nSPS) is 20.0. The fourth-order valence-electron chi connectivity index (χ4n) is 5.26. The second-order valence-electron chi connectivity index (χ2n) is 8.75. The third-order valence-electron chi connectivity index (χ3n) is 6.96. The molecule has 1 saturated heterocycles. The second-order valence-corrected chi connectivity index (χ2v) is 8.75. The Bertz CT molecular complexity index is 1240. The van der Waals surface area contributed by atoms with Gasteiger partial charge in [0.25, 0.3) is 5.56 Å². The summed E-state index contributed by atoms with van der Waals surface area (Å²) in [6.07, 6.45) is 2.47. The van der Waals surface area contributed by atoms with E-state index < -0.39 is 0 Å². The van der Waals surface area contributed by atoms with Gasteiger partial charge in [-0.3, -0.25) is 9.20 Å². The minimum absolute atomic E-state index is 0.0309. The van der Waals surface area contributed by atoms with Crippen molar-refractivity contribution in [3.63, 3.8) is 0 Å². The Morgan fingerprint density at radius 2 is 2.03 bits per heavy atom. The van der Waals surface area contributed by atoms with Gasteiger partial charge in [-0.05, 0) is 38.5 Å². The van der Waals surface area contributed by atoms with E-state index in [2.05, 4.69) is 16.0 Å². The minimum Gasteiger partial charge on any atom is -0.496 e. The summed E-state index contributed by atoms with van der Waals surface area (Å²) >= 11 is 0. The number of nitrogens with zero attached hydrogens (tertiary/aromatic N) is 3. The van der Waals surface area contributed by atoms with Crippen LogP contribution in [0.1, 0.15) is 28.3 Å². The summed E-state index contributed by atoms with van der Waals surface area (Å²) in [5.41, 5.74) is 4.45. The summed E-state index contributed by atoms with van der Waals surface area (Å²) in [6, 6.07) is 7.74. The predicted molar refractivity (Wildman–Crippen MR) is 122 cm³/mol. The van der Waals surface area contributed by atoms with Gasteiger partial charge in [-0.2, -0.15) is 0 Å². The number of likely N-dealkylation sites (tertiary alicyclic amines) is 1. The molecule has 168 valence electrons. The van der Waals surface area contributed by atoms with Crippen LogP contribution >= 0.6 is 0 Å². The number of hydrogen-bond donors (Lipinski definition) is 0. The van der Waals surface area contributed by atoms with Gasteiger partial charge in [0.2, 0.25) is 0 Å². The number of aryl methyl sites for hydroxylation is 1. The van der Waals surface area contributed by atoms with Gasteiger partial charge in [-0.25, -0.2) is 4.98 Å². The number of rotatable bonds is 5. The summed E-state index contributed by atoms with van der Waals surface area (Å²) in [5, 5.41) is 0. The third-order valence-corrected chi connectivity index (χ3v) is 6.96. The van der Waals surface area contributed by atoms with Crippen LogP contribution < -0.4 is 19.8 Å². The molecule has 2 aliphatic rings. The molecule has 5 rings (SSSR count). The molecule has 1 fully saturated rings. The van der Waals surface area contributed by atoms with E-state index in [4.69, 9.17) is 14.2 Å². The van der Waals surface area contributed by atoms with Gasteiger partial charge in [-0.1, -0.05) is 6.07 Å². The van der Waals surface area contributed by atoms with E-state index in [0.717, 1.165) is 59.3 Å². The van der Waals surface area contributed by atoms with Gasteiger partial charge in [0.05, 0.1) is 20.8 Å². The number of fused-ring (bicyclic) bond motifs is 4. The molecule has 32 heavy (non-hydrogen) atoms. The average molecular weight is 436 g/mol. The molecule has 0 bridgehead atoms. The summed E-state index contributed by atoms with van der Waals surface area (Å²) in [5.74, 6) is 3.22. The molecule has 3 aromatic rings. The fraction of sp³-hybridized carbons (Fsp3) is 0.440. The monoisotopic (exact) mass is 435 g/mol. The molecule has 0 N–H and O–H groups in total. The van der Waals surface area contributed by atoms with Crippen molar-refractivity contribution in [2.24, 2.45) is 5.92 Å². The molecule has 0 saturated carbocycles. The lowest BCUT2D eigenvalue weighted by atomic mass is 9.86. The lowest BCUT2D eigenvalue weighted by molar-refractivity contribution is 0.203. The van der Waals surface area contributed by atoms with Gasteiger partial charge in [0.15, 0.2) is 11.5 Å². The second kappa shape index (κ2) is 8.13. The van der Waals surface area contributed by atoms with Gasteiger partial charge < -0.3 is 19.1 Å². The first kappa shape index (κ1) is 20.8. The van der Waals surface area contributed by atoms with E-state index >= 15 is 0 Å². The molecule has 0 aliphatic carbocycles. The Morgan fingerprint density at radius 1 is 1.19 bits per heavy atom. The van der Waals surface area contributed by atoms with Crippen molar-refractivity contribution in [3.8, 4) is 17.2 Å². The highest BCUT2D eigenvalue weighted by molar-refractivity contribution is 5.60. The summed E-state index contributed by atoms with van der Waals surface area (Å²) in [4.78, 5) is 20.1. The molecule has 2 aromatic heterocycles. The Morgan fingerprint density at radius 3 is 2.81 bits per heavy atom. The lowest BCUT2D eigenvalue weighted by Gasteiger charge is -2.30. The van der Waals surface area contributed by atoms with Crippen molar-refractivity contribution in [1.82, 2.24) is 14.3 Å². The minimum atomic E-state index is 0.0309. The third kappa shape index (κ3) is 3.32. The molecule has 7 heteroatoms. The maximum absolute atomic E-state index is 13.0. The van der Waals surface area contributed by atoms with E-state index in [0.29, 0.717) is 30.5 Å². The standard InChI is InChI=1S/C25H29N3O4/c1-15-21(30-3)11-19-20-13-27(12-17(20)14-32-24(19)23(15)31-4)10-8-18-16(2)26-22-7-5-6-9-28(22)25(18)29/h5-7,9,11,17,20H,8,10,12-14H2,1-4H3. The highest BCUT2D eigenvalue weighted by Crippen LogP contribution is 2.49. The number of ether oxygens (including phenoxy) is 3. The summed E-state index contributed by atoms with van der Waals surface area (Å²) in [6.45, 7) is 7.29. The molecule has 4 heterocycles. The van der Waals surface area contributed by atoms with Gasteiger partial charge in [0, 0.05) is 60.1 Å². The zero-order chi connectivity index (χ0) is 22.4. The molecule has 2 atom stereocenters. The van der Waals surface area contributed by atoms with Crippen LogP contribution in [0.25, 0.3) is 5.65 Å². The number of benzene rings is 1. The fourth-order valence-corrected chi connectivity index (χ4v) is 5.26. The van der Waals surface area contributed by atoms with Crippen LogP contribution in [0.4, 0.5) is 0 Å². The first-order valence-electron chi connectivity index (χ1n) is 11.1. The SMILES string of the molecule is COc1cc2c(c(OC)c1C)OCC1CN(CCc3c(C)nc4ccccn4c3=O)CC21. The van der Waals surface area contributed by atoms with Crippen LogP contribution in [0.2, 0.25) is 0 Å². The van der Waals surface area contributed by atoms with Crippen LogP contribution in [0.15, 0.2) is 35.3 Å². The van der Waals surface area contributed by atoms with Crippen LogP contribution in [-0.2, 0) is 6.42 Å². The van der Waals surface area contributed by atoms with E-state index in [9.17, 15) is 4.79 Å². The molecule has 0 spiro atoms. The largest absolute Gasteiger partial charge is 0.496 e. The molecule has 7 nitrogen and oxygen atoms in total. The van der Waals surface area contributed by atoms with Crippen molar-refractivity contribution in [2.45, 2.75) is 26.2 Å². The zero-order valence-corrected chi connectivity index (χ0v) is 19.1. The van der Waals surface area contributed by atoms with Crippen molar-refractivity contribution in [1.29, 1.82) is 0 Å². The molecular formula is C25H29N3O4. The lowest BCUT2D eigenvalue weighted by Crippen LogP contribution is -2.28. The molecule has 0 amide bonds. The van der Waals surface area contributed by atoms with E-state index in [-0.39, 0.29) is 5.56 Å². The maximum Gasteiger partial charge on any atom is 0.261 e. The first-order chi connectivity index (χ1) is 15.5. The Balaban J connectivity index is 1.38. The maximum atomic E-state index is 13.0. The Kier molecular flexibility index (Phi) is 5.29. The quantitative estimate of drug-likeness (QED) is 0.614. The average Bonchev–Trinajstić information content (AvgIpc) is 3.22.